The normalized spacial score (nSPS) is 21.7. The van der Waals surface area contributed by atoms with Crippen LogP contribution >= 0.6 is 11.6 Å². The third-order valence-corrected chi connectivity index (χ3v) is 10.9. The van der Waals surface area contributed by atoms with Gasteiger partial charge in [0.25, 0.3) is 10.0 Å². The first kappa shape index (κ1) is 27.4. The van der Waals surface area contributed by atoms with E-state index in [4.69, 9.17) is 25.5 Å². The monoisotopic (exact) mass is 621 g/mol. The first-order valence-electron chi connectivity index (χ1n) is 14.5. The molecular formula is C36H28ClNO5S. The third kappa shape index (κ3) is 4.19. The molecule has 6 aromatic rings. The Labute approximate surface area is 260 Å². The van der Waals surface area contributed by atoms with Crippen LogP contribution in [0.3, 0.4) is 0 Å². The number of hydrogen-bond donors (Lipinski definition) is 0. The van der Waals surface area contributed by atoms with E-state index >= 15 is 0 Å². The third-order valence-electron chi connectivity index (χ3n) is 8.87. The average molecular weight is 622 g/mol. The Balaban J connectivity index is 1.33. The fourth-order valence-corrected chi connectivity index (χ4v) is 8.19. The van der Waals surface area contributed by atoms with Crippen LogP contribution in [0.1, 0.15) is 28.7 Å². The largest absolute Gasteiger partial charge is 0.458 e. The lowest BCUT2D eigenvalue weighted by molar-refractivity contribution is -0.244. The number of anilines is 1. The molecule has 8 rings (SSSR count). The molecule has 0 bridgehead atoms. The van der Waals surface area contributed by atoms with Crippen LogP contribution in [-0.2, 0) is 24.9 Å². The molecule has 1 fully saturated rings. The molecule has 0 saturated carbocycles. The van der Waals surface area contributed by atoms with Crippen LogP contribution < -0.4 is 4.31 Å². The van der Waals surface area contributed by atoms with Gasteiger partial charge in [-0.3, -0.25) is 4.31 Å². The van der Waals surface area contributed by atoms with Crippen LogP contribution in [0.15, 0.2) is 125 Å². The van der Waals surface area contributed by atoms with Crippen LogP contribution in [0, 0.1) is 6.92 Å². The SMILES string of the molecule is Cc1ccc(S(=O)(=O)N2C[C@H]3O[C@@H](c4ccc5ccccc5c4)OC[C@@]3(c3ccc(Cl)cc3)c3oc4ccccc4c32)cc1. The number of aryl methyl sites for hydroxylation is 1. The molecule has 0 spiro atoms. The number of hydrogen-bond acceptors (Lipinski definition) is 5. The molecule has 0 unspecified atom stereocenters. The van der Waals surface area contributed by atoms with Gasteiger partial charge in [0, 0.05) is 16.0 Å². The van der Waals surface area contributed by atoms with Gasteiger partial charge in [0.1, 0.15) is 22.4 Å². The summed E-state index contributed by atoms with van der Waals surface area (Å²) in [7, 11) is -4.00. The minimum absolute atomic E-state index is 0.0583. The van der Waals surface area contributed by atoms with Crippen LogP contribution in [0.5, 0.6) is 0 Å². The van der Waals surface area contributed by atoms with Crippen molar-refractivity contribution in [1.82, 2.24) is 0 Å². The second kappa shape index (κ2) is 10.2. The van der Waals surface area contributed by atoms with Crippen molar-refractivity contribution in [2.24, 2.45) is 0 Å². The molecule has 2 aliphatic rings. The highest BCUT2D eigenvalue weighted by molar-refractivity contribution is 7.92. The predicted molar refractivity (Wildman–Crippen MR) is 172 cm³/mol. The van der Waals surface area contributed by atoms with Gasteiger partial charge in [0.2, 0.25) is 0 Å². The van der Waals surface area contributed by atoms with Gasteiger partial charge in [-0.05, 0) is 65.7 Å². The standard InChI is InChI=1S/C36H28ClNO5S/c1-23-10-18-29(19-11-23)44(39,40)38-21-32-36(27-14-16-28(37)17-15-27,34-33(38)30-8-4-5-9-31(30)42-34)22-41-35(43-32)26-13-12-24-6-2-3-7-25(24)20-26/h2-20,32,35H,21-22H2,1H3/t32-,35+,36+/m1/s1. The molecular weight excluding hydrogens is 594 g/mol. The Morgan fingerprint density at radius 3 is 2.36 bits per heavy atom. The summed E-state index contributed by atoms with van der Waals surface area (Å²) in [5.74, 6) is 0.491. The van der Waals surface area contributed by atoms with Gasteiger partial charge >= 0.3 is 0 Å². The molecule has 8 heteroatoms. The molecule has 3 atom stereocenters. The number of nitrogens with zero attached hydrogens (tertiary/aromatic N) is 1. The van der Waals surface area contributed by atoms with Crippen molar-refractivity contribution in [2.75, 3.05) is 17.5 Å². The summed E-state index contributed by atoms with van der Waals surface area (Å²) in [5.41, 5.74) is 2.86. The second-order valence-electron chi connectivity index (χ2n) is 11.5. The van der Waals surface area contributed by atoms with Gasteiger partial charge in [-0.1, -0.05) is 90.0 Å². The average Bonchev–Trinajstić information content (AvgIpc) is 3.45. The fourth-order valence-electron chi connectivity index (χ4n) is 6.57. The summed E-state index contributed by atoms with van der Waals surface area (Å²) in [5, 5.41) is 3.49. The number of para-hydroxylation sites is 1. The molecule has 0 N–H and O–H groups in total. The van der Waals surface area contributed by atoms with E-state index in [0.717, 1.165) is 27.5 Å². The van der Waals surface area contributed by atoms with Crippen molar-refractivity contribution < 1.29 is 22.3 Å². The molecule has 0 amide bonds. The minimum atomic E-state index is -4.00. The Kier molecular flexibility index (Phi) is 6.36. The smallest absolute Gasteiger partial charge is 0.264 e. The van der Waals surface area contributed by atoms with Crippen molar-refractivity contribution in [2.45, 2.75) is 29.6 Å². The number of benzene rings is 5. The Morgan fingerprint density at radius 1 is 0.841 bits per heavy atom. The van der Waals surface area contributed by atoms with Crippen LogP contribution in [0.2, 0.25) is 5.02 Å². The van der Waals surface area contributed by atoms with E-state index in [2.05, 4.69) is 18.2 Å². The zero-order chi connectivity index (χ0) is 30.1. The molecule has 0 radical (unpaired) electrons. The van der Waals surface area contributed by atoms with Crippen molar-refractivity contribution in [3.05, 3.63) is 143 Å². The zero-order valence-electron chi connectivity index (χ0n) is 23.8. The van der Waals surface area contributed by atoms with Gasteiger partial charge in [0.05, 0.1) is 24.2 Å². The van der Waals surface area contributed by atoms with E-state index in [-0.39, 0.29) is 18.0 Å². The molecule has 5 aromatic carbocycles. The maximum Gasteiger partial charge on any atom is 0.264 e. The molecule has 2 aliphatic heterocycles. The van der Waals surface area contributed by atoms with Crippen LogP contribution in [0.25, 0.3) is 21.7 Å². The van der Waals surface area contributed by atoms with Crippen molar-refractivity contribution >= 4 is 49.1 Å². The maximum absolute atomic E-state index is 14.4. The zero-order valence-corrected chi connectivity index (χ0v) is 25.4. The Hall–Kier alpha value is -4.14. The number of halogens is 1. The Bertz CT molecular complexity index is 2140. The van der Waals surface area contributed by atoms with Crippen LogP contribution in [0.4, 0.5) is 5.69 Å². The van der Waals surface area contributed by atoms with E-state index in [1.807, 2.05) is 91.9 Å². The highest BCUT2D eigenvalue weighted by Crippen LogP contribution is 2.54. The topological polar surface area (TPSA) is 69.0 Å². The first-order valence-corrected chi connectivity index (χ1v) is 16.3. The number of fused-ring (bicyclic) bond motifs is 6. The number of sulfonamides is 1. The lowest BCUT2D eigenvalue weighted by Crippen LogP contribution is -2.59. The summed E-state index contributed by atoms with van der Waals surface area (Å²) >= 11 is 6.33. The number of rotatable bonds is 4. The quantitative estimate of drug-likeness (QED) is 0.199. The molecule has 220 valence electrons. The van der Waals surface area contributed by atoms with Gasteiger partial charge in [0.15, 0.2) is 6.29 Å². The summed E-state index contributed by atoms with van der Waals surface area (Å²) in [6, 6.07) is 36.2. The van der Waals surface area contributed by atoms with Crippen molar-refractivity contribution in [3.8, 4) is 0 Å². The molecule has 3 heterocycles. The van der Waals surface area contributed by atoms with E-state index in [1.54, 1.807) is 12.1 Å². The second-order valence-corrected chi connectivity index (χ2v) is 13.8. The highest BCUT2D eigenvalue weighted by atomic mass is 35.5. The fraction of sp³-hybridized carbons (Fsp3) is 0.167. The molecule has 0 aliphatic carbocycles. The molecule has 1 aromatic heterocycles. The van der Waals surface area contributed by atoms with Crippen molar-refractivity contribution in [1.29, 1.82) is 0 Å². The van der Waals surface area contributed by atoms with Gasteiger partial charge in [-0.15, -0.1) is 0 Å². The maximum atomic E-state index is 14.4. The minimum Gasteiger partial charge on any atom is -0.458 e. The summed E-state index contributed by atoms with van der Waals surface area (Å²) in [6.45, 7) is 2.20. The summed E-state index contributed by atoms with van der Waals surface area (Å²) in [4.78, 5) is 0.205. The van der Waals surface area contributed by atoms with Gasteiger partial charge in [-0.2, -0.15) is 0 Å². The summed E-state index contributed by atoms with van der Waals surface area (Å²) in [6.07, 6.45) is -1.36. The molecule has 44 heavy (non-hydrogen) atoms. The predicted octanol–water partition coefficient (Wildman–Crippen LogP) is 8.16. The first-order chi connectivity index (χ1) is 21.3. The lowest BCUT2D eigenvalue weighted by Gasteiger charge is -2.50. The van der Waals surface area contributed by atoms with Gasteiger partial charge < -0.3 is 13.9 Å². The summed E-state index contributed by atoms with van der Waals surface area (Å²) < 4.78 is 50.4. The lowest BCUT2D eigenvalue weighted by atomic mass is 9.71. The van der Waals surface area contributed by atoms with E-state index in [0.29, 0.717) is 27.4 Å². The molecule has 1 saturated heterocycles. The highest BCUT2D eigenvalue weighted by Gasteiger charge is 2.58. The van der Waals surface area contributed by atoms with E-state index in [1.165, 1.54) is 4.31 Å². The van der Waals surface area contributed by atoms with Crippen LogP contribution in [-0.4, -0.2) is 27.7 Å². The number of furan rings is 1. The Morgan fingerprint density at radius 2 is 1.57 bits per heavy atom. The van der Waals surface area contributed by atoms with E-state index < -0.39 is 27.8 Å². The number of ether oxygens (including phenoxy) is 2. The van der Waals surface area contributed by atoms with Crippen molar-refractivity contribution in [3.63, 3.8) is 0 Å². The van der Waals surface area contributed by atoms with Gasteiger partial charge in [-0.25, -0.2) is 8.42 Å². The van der Waals surface area contributed by atoms with E-state index in [9.17, 15) is 8.42 Å². The molecule has 6 nitrogen and oxygen atoms in total.